The summed E-state index contributed by atoms with van der Waals surface area (Å²) in [6.45, 7) is 10.2. The zero-order chi connectivity index (χ0) is 18.2. The van der Waals surface area contributed by atoms with Crippen molar-refractivity contribution in [3.8, 4) is 0 Å². The van der Waals surface area contributed by atoms with Gasteiger partial charge < -0.3 is 15.1 Å². The van der Waals surface area contributed by atoms with Gasteiger partial charge in [0.05, 0.1) is 10.7 Å². The summed E-state index contributed by atoms with van der Waals surface area (Å²) in [6, 6.07) is 3.81. The number of hydrogen-bond acceptors (Lipinski definition) is 3. The maximum absolute atomic E-state index is 12.9. The van der Waals surface area contributed by atoms with Crippen LogP contribution in [0, 0.1) is 19.3 Å². The van der Waals surface area contributed by atoms with E-state index >= 15 is 0 Å². The van der Waals surface area contributed by atoms with Crippen LogP contribution in [-0.2, 0) is 9.59 Å². The number of rotatable bonds is 4. The molecule has 25 heavy (non-hydrogen) atoms. The summed E-state index contributed by atoms with van der Waals surface area (Å²) in [5.41, 5.74) is 1.69. The van der Waals surface area contributed by atoms with Crippen molar-refractivity contribution in [3.63, 3.8) is 0 Å². The molecule has 3 rings (SSSR count). The number of nitrogens with one attached hydrogen (secondary N) is 1. The zero-order valence-electron chi connectivity index (χ0n) is 15.2. The van der Waals surface area contributed by atoms with Crippen molar-refractivity contribution in [3.05, 3.63) is 28.3 Å². The Morgan fingerprint density at radius 2 is 1.80 bits per heavy atom. The van der Waals surface area contributed by atoms with Crippen molar-refractivity contribution < 1.29 is 9.59 Å². The molecule has 1 saturated carbocycles. The predicted molar refractivity (Wildman–Crippen MR) is 99.9 cm³/mol. The number of aryl methyl sites for hydroxylation is 2. The van der Waals surface area contributed by atoms with Crippen LogP contribution < -0.4 is 5.32 Å². The van der Waals surface area contributed by atoms with E-state index in [9.17, 15) is 9.59 Å². The largest absolute Gasteiger partial charge is 0.339 e. The minimum absolute atomic E-state index is 0.0263. The van der Waals surface area contributed by atoms with E-state index in [1.54, 1.807) is 0 Å². The number of nitrogens with zero attached hydrogens (tertiary/aromatic N) is 2. The summed E-state index contributed by atoms with van der Waals surface area (Å²) in [6.07, 6.45) is 1.24. The molecule has 1 aliphatic carbocycles. The van der Waals surface area contributed by atoms with Crippen LogP contribution >= 0.6 is 11.6 Å². The van der Waals surface area contributed by atoms with Crippen LogP contribution in [-0.4, -0.2) is 54.3 Å². The summed E-state index contributed by atoms with van der Waals surface area (Å²) in [7, 11) is 0. The number of halogens is 1. The summed E-state index contributed by atoms with van der Waals surface area (Å²) in [5, 5.41) is 3.44. The van der Waals surface area contributed by atoms with Gasteiger partial charge in [-0.05, 0) is 50.4 Å². The second-order valence-electron chi connectivity index (χ2n) is 7.20. The average molecular weight is 364 g/mol. The standard InChI is InChI=1S/C19H26ClN3O2/c1-4-22-7-9-23(10-8-22)18(25)19(5-6-19)17(24)21-16-14(3)11-13(2)12-15(16)20/h11-12H,4-10H2,1-3H3,(H,21,24). The number of benzene rings is 1. The van der Waals surface area contributed by atoms with Gasteiger partial charge in [-0.2, -0.15) is 0 Å². The van der Waals surface area contributed by atoms with E-state index in [0.717, 1.165) is 30.8 Å². The normalized spacial score (nSPS) is 19.6. The van der Waals surface area contributed by atoms with Crippen LogP contribution in [0.1, 0.15) is 30.9 Å². The highest BCUT2D eigenvalue weighted by Gasteiger charge is 2.58. The molecule has 1 N–H and O–H groups in total. The van der Waals surface area contributed by atoms with Gasteiger partial charge >= 0.3 is 0 Å². The average Bonchev–Trinajstić information content (AvgIpc) is 3.39. The Bertz CT molecular complexity index is 669. The van der Waals surface area contributed by atoms with Crippen molar-refractivity contribution in [1.82, 2.24) is 9.80 Å². The molecule has 136 valence electrons. The Morgan fingerprint density at radius 1 is 1.16 bits per heavy atom. The lowest BCUT2D eigenvalue weighted by Gasteiger charge is -2.35. The van der Waals surface area contributed by atoms with Crippen molar-refractivity contribution in [2.45, 2.75) is 33.6 Å². The number of carbonyl (C=O) groups excluding carboxylic acids is 2. The summed E-state index contributed by atoms with van der Waals surface area (Å²) in [5.74, 6) is -0.245. The van der Waals surface area contributed by atoms with Crippen LogP contribution in [0.5, 0.6) is 0 Å². The van der Waals surface area contributed by atoms with Gasteiger partial charge in [0.15, 0.2) is 0 Å². The first-order valence-electron chi connectivity index (χ1n) is 8.97. The van der Waals surface area contributed by atoms with Gasteiger partial charge in [0, 0.05) is 26.2 Å². The lowest BCUT2D eigenvalue weighted by Crippen LogP contribution is -2.52. The molecule has 0 spiro atoms. The molecule has 1 aliphatic heterocycles. The SMILES string of the molecule is CCN1CCN(C(=O)C2(C(=O)Nc3c(C)cc(C)cc3Cl)CC2)CC1. The molecule has 1 heterocycles. The van der Waals surface area contributed by atoms with Gasteiger partial charge in [0.2, 0.25) is 11.8 Å². The fourth-order valence-corrected chi connectivity index (χ4v) is 3.91. The molecule has 2 amide bonds. The van der Waals surface area contributed by atoms with Gasteiger partial charge in [0.1, 0.15) is 5.41 Å². The maximum Gasteiger partial charge on any atom is 0.240 e. The maximum atomic E-state index is 12.9. The van der Waals surface area contributed by atoms with Gasteiger partial charge in [-0.15, -0.1) is 0 Å². The Kier molecular flexibility index (Phi) is 5.07. The van der Waals surface area contributed by atoms with Crippen molar-refractivity contribution in [2.24, 2.45) is 5.41 Å². The molecule has 0 unspecified atom stereocenters. The van der Waals surface area contributed by atoms with E-state index in [2.05, 4.69) is 17.1 Å². The van der Waals surface area contributed by atoms with Crippen LogP contribution in [0.3, 0.4) is 0 Å². The Labute approximate surface area is 154 Å². The number of anilines is 1. The second kappa shape index (κ2) is 6.96. The highest BCUT2D eigenvalue weighted by atomic mass is 35.5. The molecule has 2 aliphatic rings. The highest BCUT2D eigenvalue weighted by molar-refractivity contribution is 6.34. The van der Waals surface area contributed by atoms with Crippen molar-refractivity contribution >= 4 is 29.1 Å². The van der Waals surface area contributed by atoms with Crippen LogP contribution in [0.4, 0.5) is 5.69 Å². The molecule has 1 aromatic rings. The zero-order valence-corrected chi connectivity index (χ0v) is 15.9. The highest BCUT2D eigenvalue weighted by Crippen LogP contribution is 2.48. The third kappa shape index (κ3) is 3.53. The number of carbonyl (C=O) groups is 2. The summed E-state index contributed by atoms with van der Waals surface area (Å²) < 4.78 is 0. The summed E-state index contributed by atoms with van der Waals surface area (Å²) >= 11 is 6.29. The number of likely N-dealkylation sites (N-methyl/N-ethyl adjacent to an activating group) is 1. The van der Waals surface area contributed by atoms with Gasteiger partial charge in [-0.3, -0.25) is 9.59 Å². The third-order valence-electron chi connectivity index (χ3n) is 5.37. The smallest absolute Gasteiger partial charge is 0.240 e. The van der Waals surface area contributed by atoms with E-state index in [4.69, 9.17) is 11.6 Å². The Morgan fingerprint density at radius 3 is 2.32 bits per heavy atom. The Balaban J connectivity index is 1.71. The van der Waals surface area contributed by atoms with E-state index in [-0.39, 0.29) is 11.8 Å². The van der Waals surface area contributed by atoms with Gasteiger partial charge in [0.25, 0.3) is 0 Å². The van der Waals surface area contributed by atoms with E-state index in [1.807, 2.05) is 30.9 Å². The van der Waals surface area contributed by atoms with Crippen LogP contribution in [0.25, 0.3) is 0 Å². The number of amides is 2. The van der Waals surface area contributed by atoms with Crippen molar-refractivity contribution in [2.75, 3.05) is 38.0 Å². The van der Waals surface area contributed by atoms with Gasteiger partial charge in [-0.25, -0.2) is 0 Å². The first kappa shape index (κ1) is 18.2. The van der Waals surface area contributed by atoms with E-state index in [1.165, 1.54) is 0 Å². The quantitative estimate of drug-likeness (QED) is 0.837. The molecular weight excluding hydrogens is 338 g/mol. The van der Waals surface area contributed by atoms with Crippen LogP contribution in [0.2, 0.25) is 5.02 Å². The third-order valence-corrected chi connectivity index (χ3v) is 5.67. The number of hydrogen-bond donors (Lipinski definition) is 1. The molecule has 2 fully saturated rings. The summed E-state index contributed by atoms with van der Waals surface area (Å²) in [4.78, 5) is 30.0. The fourth-order valence-electron chi connectivity index (χ4n) is 3.54. The molecule has 6 heteroatoms. The first-order chi connectivity index (χ1) is 11.9. The molecule has 0 aromatic heterocycles. The molecule has 5 nitrogen and oxygen atoms in total. The Hall–Kier alpha value is -1.59. The minimum atomic E-state index is -0.894. The monoisotopic (exact) mass is 363 g/mol. The number of piperazine rings is 1. The predicted octanol–water partition coefficient (Wildman–Crippen LogP) is 2.84. The van der Waals surface area contributed by atoms with E-state index < -0.39 is 5.41 Å². The van der Waals surface area contributed by atoms with E-state index in [0.29, 0.717) is 36.6 Å². The van der Waals surface area contributed by atoms with Crippen molar-refractivity contribution in [1.29, 1.82) is 0 Å². The molecule has 0 atom stereocenters. The van der Waals surface area contributed by atoms with Gasteiger partial charge in [-0.1, -0.05) is 24.6 Å². The molecule has 0 bridgehead atoms. The second-order valence-corrected chi connectivity index (χ2v) is 7.61. The first-order valence-corrected chi connectivity index (χ1v) is 9.35. The lowest BCUT2D eigenvalue weighted by atomic mass is 10.0. The lowest BCUT2D eigenvalue weighted by molar-refractivity contribution is -0.143. The molecule has 0 radical (unpaired) electrons. The fraction of sp³-hybridized carbons (Fsp3) is 0.579. The van der Waals surface area contributed by atoms with Crippen LogP contribution in [0.15, 0.2) is 12.1 Å². The molecular formula is C19H26ClN3O2. The molecule has 1 saturated heterocycles. The molecule has 1 aromatic carbocycles. The topological polar surface area (TPSA) is 52.7 Å². The minimum Gasteiger partial charge on any atom is -0.339 e.